The third-order valence-corrected chi connectivity index (χ3v) is 3.39. The molecule has 1 heterocycles. The van der Waals surface area contributed by atoms with Gasteiger partial charge in [-0.05, 0) is 31.7 Å². The Labute approximate surface area is 57.0 Å². The molecule has 1 nitrogen and oxygen atoms in total. The Morgan fingerprint density at radius 1 is 1.33 bits per heavy atom. The predicted molar refractivity (Wildman–Crippen MR) is 38.2 cm³/mol. The highest BCUT2D eigenvalue weighted by atomic mass is 15.2. The van der Waals surface area contributed by atoms with E-state index in [-0.39, 0.29) is 0 Å². The van der Waals surface area contributed by atoms with E-state index in [1.165, 1.54) is 6.54 Å². The fourth-order valence-corrected chi connectivity index (χ4v) is 2.46. The lowest BCUT2D eigenvalue weighted by molar-refractivity contribution is 0.269. The second kappa shape index (κ2) is 1.51. The molecule has 0 amide bonds. The fourth-order valence-electron chi connectivity index (χ4n) is 2.46. The first-order valence-electron chi connectivity index (χ1n) is 3.92. The molecule has 1 heteroatoms. The van der Waals surface area contributed by atoms with Crippen molar-refractivity contribution in [2.24, 2.45) is 17.8 Å². The average Bonchev–Trinajstić information content (AvgIpc) is 2.29. The number of fused-ring (bicyclic) bond motifs is 1. The van der Waals surface area contributed by atoms with Gasteiger partial charge in [-0.25, -0.2) is 0 Å². The van der Waals surface area contributed by atoms with Gasteiger partial charge in [0.25, 0.3) is 0 Å². The zero-order valence-electron chi connectivity index (χ0n) is 6.46. The first kappa shape index (κ1) is 5.72. The predicted octanol–water partition coefficient (Wildman–Crippen LogP) is 1.20. The van der Waals surface area contributed by atoms with Crippen molar-refractivity contribution in [1.82, 2.24) is 4.90 Å². The quantitative estimate of drug-likeness (QED) is 0.470. The Morgan fingerprint density at radius 3 is 2.33 bits per heavy atom. The zero-order chi connectivity index (χ0) is 6.59. The van der Waals surface area contributed by atoms with Gasteiger partial charge in [-0.2, -0.15) is 0 Å². The topological polar surface area (TPSA) is 3.24 Å². The van der Waals surface area contributed by atoms with Gasteiger partial charge >= 0.3 is 0 Å². The van der Waals surface area contributed by atoms with E-state index in [0.29, 0.717) is 0 Å². The number of nitrogens with zero attached hydrogens (tertiary/aromatic N) is 1. The van der Waals surface area contributed by atoms with E-state index >= 15 is 0 Å². The Hall–Kier alpha value is -0.0400. The van der Waals surface area contributed by atoms with Gasteiger partial charge in [0.2, 0.25) is 0 Å². The van der Waals surface area contributed by atoms with Crippen LogP contribution in [0.2, 0.25) is 0 Å². The van der Waals surface area contributed by atoms with Crippen LogP contribution in [0.3, 0.4) is 0 Å². The summed E-state index contributed by atoms with van der Waals surface area (Å²) in [6.07, 6.45) is 0. The lowest BCUT2D eigenvalue weighted by Gasteiger charge is -2.19. The van der Waals surface area contributed by atoms with E-state index in [9.17, 15) is 0 Å². The summed E-state index contributed by atoms with van der Waals surface area (Å²) in [6.45, 7) is 6.10. The van der Waals surface area contributed by atoms with Gasteiger partial charge in [-0.3, -0.25) is 0 Å². The summed E-state index contributed by atoms with van der Waals surface area (Å²) in [5.74, 6) is 3.15. The summed E-state index contributed by atoms with van der Waals surface area (Å²) in [5.41, 5.74) is 0. The summed E-state index contributed by atoms with van der Waals surface area (Å²) in [7, 11) is 2.24. The van der Waals surface area contributed by atoms with Crippen LogP contribution in [0.15, 0.2) is 0 Å². The van der Waals surface area contributed by atoms with Gasteiger partial charge in [0.1, 0.15) is 0 Å². The molecule has 52 valence electrons. The van der Waals surface area contributed by atoms with Crippen LogP contribution in [-0.2, 0) is 0 Å². The van der Waals surface area contributed by atoms with Crippen LogP contribution in [0.5, 0.6) is 0 Å². The molecule has 2 aliphatic rings. The van der Waals surface area contributed by atoms with Crippen LogP contribution in [0.1, 0.15) is 13.8 Å². The van der Waals surface area contributed by atoms with Gasteiger partial charge in [0.05, 0.1) is 0 Å². The summed E-state index contributed by atoms with van der Waals surface area (Å²) < 4.78 is 0. The van der Waals surface area contributed by atoms with E-state index in [4.69, 9.17) is 0 Å². The maximum atomic E-state index is 2.48. The second-order valence-corrected chi connectivity index (χ2v) is 3.78. The first-order valence-corrected chi connectivity index (χ1v) is 3.92. The van der Waals surface area contributed by atoms with E-state index in [2.05, 4.69) is 25.8 Å². The highest BCUT2D eigenvalue weighted by Crippen LogP contribution is 2.54. The Kier molecular flexibility index (Phi) is 0.963. The van der Waals surface area contributed by atoms with Gasteiger partial charge in [0.15, 0.2) is 0 Å². The van der Waals surface area contributed by atoms with Crippen LogP contribution in [0.4, 0.5) is 0 Å². The van der Waals surface area contributed by atoms with Crippen LogP contribution in [-0.4, -0.2) is 24.5 Å². The van der Waals surface area contributed by atoms with E-state index < -0.39 is 0 Å². The molecule has 1 saturated carbocycles. The molecule has 4 unspecified atom stereocenters. The molecule has 0 aromatic heterocycles. The maximum Gasteiger partial charge on any atom is 0.00981 e. The van der Waals surface area contributed by atoms with Crippen molar-refractivity contribution in [3.8, 4) is 0 Å². The van der Waals surface area contributed by atoms with Crippen molar-refractivity contribution in [2.45, 2.75) is 19.9 Å². The van der Waals surface area contributed by atoms with Crippen LogP contribution >= 0.6 is 0 Å². The van der Waals surface area contributed by atoms with Gasteiger partial charge in [-0.1, -0.05) is 6.92 Å². The van der Waals surface area contributed by atoms with E-state index in [0.717, 1.165) is 23.8 Å². The Morgan fingerprint density at radius 2 is 2.00 bits per heavy atom. The molecule has 0 bridgehead atoms. The minimum Gasteiger partial charge on any atom is -0.303 e. The molecule has 1 aliphatic carbocycles. The van der Waals surface area contributed by atoms with Crippen molar-refractivity contribution in [3.05, 3.63) is 0 Å². The molecule has 9 heavy (non-hydrogen) atoms. The standard InChI is InChI=1S/C8H15N/c1-5-7-4-9(3)6(2)8(5)7/h5-8H,4H2,1-3H3. The van der Waals surface area contributed by atoms with Crippen LogP contribution < -0.4 is 0 Å². The average molecular weight is 125 g/mol. The van der Waals surface area contributed by atoms with Crippen LogP contribution in [0, 0.1) is 17.8 Å². The minimum atomic E-state index is 0.866. The molecule has 0 N–H and O–H groups in total. The summed E-state index contributed by atoms with van der Waals surface area (Å²) in [5, 5.41) is 0. The molecule has 0 aromatic carbocycles. The van der Waals surface area contributed by atoms with E-state index in [1.807, 2.05) is 0 Å². The van der Waals surface area contributed by atoms with Crippen molar-refractivity contribution >= 4 is 0 Å². The molecular formula is C8H15N. The molecule has 0 spiro atoms. The van der Waals surface area contributed by atoms with Gasteiger partial charge in [-0.15, -0.1) is 0 Å². The first-order chi connectivity index (χ1) is 4.22. The number of piperidine rings is 1. The zero-order valence-corrected chi connectivity index (χ0v) is 6.46. The van der Waals surface area contributed by atoms with Crippen molar-refractivity contribution in [2.75, 3.05) is 13.6 Å². The highest BCUT2D eigenvalue weighted by Gasteiger charge is 2.55. The molecule has 4 atom stereocenters. The molecule has 1 saturated heterocycles. The molecule has 2 rings (SSSR count). The maximum absolute atomic E-state index is 2.48. The highest BCUT2D eigenvalue weighted by molar-refractivity contribution is 5.06. The summed E-state index contributed by atoms with van der Waals surface area (Å²) in [4.78, 5) is 2.48. The second-order valence-electron chi connectivity index (χ2n) is 3.78. The largest absolute Gasteiger partial charge is 0.303 e. The minimum absolute atomic E-state index is 0.866. The Bertz CT molecular complexity index is 133. The molecule has 2 fully saturated rings. The van der Waals surface area contributed by atoms with E-state index in [1.54, 1.807) is 0 Å². The monoisotopic (exact) mass is 125 g/mol. The van der Waals surface area contributed by atoms with Crippen molar-refractivity contribution in [1.29, 1.82) is 0 Å². The van der Waals surface area contributed by atoms with Crippen molar-refractivity contribution < 1.29 is 0 Å². The van der Waals surface area contributed by atoms with Crippen LogP contribution in [0.25, 0.3) is 0 Å². The van der Waals surface area contributed by atoms with Gasteiger partial charge < -0.3 is 4.90 Å². The smallest absolute Gasteiger partial charge is 0.00981 e. The third kappa shape index (κ3) is 0.586. The Balaban J connectivity index is 2.07. The lowest BCUT2D eigenvalue weighted by atomic mass is 10.2. The third-order valence-electron chi connectivity index (χ3n) is 3.39. The molecular weight excluding hydrogens is 110 g/mol. The number of likely N-dealkylation sites (tertiary alicyclic amines) is 1. The molecule has 0 aromatic rings. The van der Waals surface area contributed by atoms with Crippen molar-refractivity contribution in [3.63, 3.8) is 0 Å². The molecule has 0 radical (unpaired) electrons. The number of hydrogen-bond donors (Lipinski definition) is 0. The SMILES string of the molecule is CC1C2CN(C)C(C)C12. The lowest BCUT2D eigenvalue weighted by Crippen LogP contribution is -2.27. The number of hydrogen-bond acceptors (Lipinski definition) is 1. The summed E-state index contributed by atoms with van der Waals surface area (Å²) in [6, 6.07) is 0.866. The normalized spacial score (nSPS) is 57.7. The van der Waals surface area contributed by atoms with Gasteiger partial charge in [0, 0.05) is 12.6 Å². The summed E-state index contributed by atoms with van der Waals surface area (Å²) >= 11 is 0. The fraction of sp³-hybridized carbons (Fsp3) is 1.00. The number of rotatable bonds is 0. The molecule has 1 aliphatic heterocycles.